The van der Waals surface area contributed by atoms with Gasteiger partial charge in [0.15, 0.2) is 45.4 Å². The maximum atomic E-state index is 13.5. The van der Waals surface area contributed by atoms with Crippen LogP contribution in [0.2, 0.25) is 72.5 Å². The van der Waals surface area contributed by atoms with Crippen molar-refractivity contribution in [1.29, 1.82) is 0 Å². The van der Waals surface area contributed by atoms with Crippen LogP contribution in [0.25, 0.3) is 0 Å². The first-order valence-corrected chi connectivity index (χ1v) is 38.9. The van der Waals surface area contributed by atoms with Crippen molar-refractivity contribution in [1.82, 2.24) is 9.97 Å². The van der Waals surface area contributed by atoms with Gasteiger partial charge in [-0.3, -0.25) is 4.79 Å². The van der Waals surface area contributed by atoms with Gasteiger partial charge in [-0.2, -0.15) is 0 Å². The van der Waals surface area contributed by atoms with Crippen LogP contribution in [0.15, 0.2) is 27.7 Å². The van der Waals surface area contributed by atoms with E-state index in [1.54, 1.807) is 12.5 Å². The zero-order chi connectivity index (χ0) is 52.7. The minimum atomic E-state index is -2.45. The van der Waals surface area contributed by atoms with Gasteiger partial charge >= 0.3 is 5.97 Å². The highest BCUT2D eigenvalue weighted by atomic mass is 28.4. The third-order valence-corrected chi connectivity index (χ3v) is 34.4. The molecule has 0 saturated carbocycles. The summed E-state index contributed by atoms with van der Waals surface area (Å²) in [6.45, 7) is 50.3. The van der Waals surface area contributed by atoms with E-state index < -0.39 is 57.7 Å². The van der Waals surface area contributed by atoms with Crippen molar-refractivity contribution < 1.29 is 36.1 Å². The van der Waals surface area contributed by atoms with Crippen LogP contribution in [-0.2, 0) is 27.2 Å². The van der Waals surface area contributed by atoms with Gasteiger partial charge in [0.05, 0.1) is 30.6 Å². The van der Waals surface area contributed by atoms with E-state index in [1.807, 2.05) is 0 Å². The topological polar surface area (TPSA) is 115 Å². The predicted molar refractivity (Wildman–Crippen MR) is 298 cm³/mol. The lowest BCUT2D eigenvalue weighted by atomic mass is 10.0. The summed E-state index contributed by atoms with van der Waals surface area (Å²) in [4.78, 5) is 22.8. The molecule has 0 aliphatic rings. The third-order valence-electron chi connectivity index (χ3n) is 16.3. The Morgan fingerprint density at radius 2 is 1.00 bits per heavy atom. The zero-order valence-electron chi connectivity index (χ0n) is 48.8. The summed E-state index contributed by atoms with van der Waals surface area (Å²) in [6.07, 6.45) is 21.7. The zero-order valence-corrected chi connectivity index (χ0v) is 52.8. The summed E-state index contributed by atoms with van der Waals surface area (Å²) in [5, 5.41) is -0.234. The lowest BCUT2D eigenvalue weighted by Gasteiger charge is -2.49. The molecule has 0 saturated heterocycles. The van der Waals surface area contributed by atoms with Crippen molar-refractivity contribution in [2.75, 3.05) is 0 Å². The van der Waals surface area contributed by atoms with E-state index in [-0.39, 0.29) is 38.1 Å². The van der Waals surface area contributed by atoms with E-state index >= 15 is 0 Å². The van der Waals surface area contributed by atoms with Gasteiger partial charge in [0.1, 0.15) is 12.0 Å². The molecule has 0 aromatic carbocycles. The Bertz CT molecular complexity index is 1730. The summed E-state index contributed by atoms with van der Waals surface area (Å²) in [6, 6.07) is 0. The largest absolute Gasteiger partial charge is 0.445 e. The van der Waals surface area contributed by atoms with Gasteiger partial charge in [0.25, 0.3) is 0 Å². The van der Waals surface area contributed by atoms with Crippen molar-refractivity contribution in [3.8, 4) is 0 Å². The molecule has 2 heterocycles. The smallest absolute Gasteiger partial charge is 0.307 e. The first-order chi connectivity index (χ1) is 31.6. The van der Waals surface area contributed by atoms with Gasteiger partial charge in [-0.1, -0.05) is 180 Å². The number of oxazole rings is 2. The SMILES string of the molecule is CCCCCCCCCCCCCCCCCC(=O)OC(c1cnco1)c1nc(C(CC(O[Si](C)(C)C(C)(C)C)C(O[Si](C)(C)C(C)(C)C)C(C)O[Si](C)(C)C(C)(C)C)O[Si](C)(C)C(C)(C)C)co1. The minimum Gasteiger partial charge on any atom is -0.445 e. The molecule has 10 nitrogen and oxygen atoms in total. The Morgan fingerprint density at radius 1 is 0.580 bits per heavy atom. The maximum Gasteiger partial charge on any atom is 0.307 e. The molecule has 69 heavy (non-hydrogen) atoms. The van der Waals surface area contributed by atoms with Crippen LogP contribution < -0.4 is 0 Å². The molecule has 2 aromatic rings. The molecule has 14 heteroatoms. The van der Waals surface area contributed by atoms with Crippen LogP contribution >= 0.6 is 0 Å². The molecule has 0 radical (unpaired) electrons. The molecule has 2 aromatic heterocycles. The van der Waals surface area contributed by atoms with Gasteiger partial charge < -0.3 is 31.3 Å². The molecule has 0 N–H and O–H groups in total. The summed E-state index contributed by atoms with van der Waals surface area (Å²) >= 11 is 0. The molecule has 0 amide bonds. The quantitative estimate of drug-likeness (QED) is 0.0398. The van der Waals surface area contributed by atoms with Gasteiger partial charge in [-0.05, 0) is 85.9 Å². The number of rotatable bonds is 32. The van der Waals surface area contributed by atoms with Crippen molar-refractivity contribution in [3.05, 3.63) is 36.2 Å². The van der Waals surface area contributed by atoms with E-state index in [0.29, 0.717) is 24.3 Å². The first kappa shape index (κ1) is 63.7. The van der Waals surface area contributed by atoms with Crippen molar-refractivity contribution in [3.63, 3.8) is 0 Å². The molecule has 2 rings (SSSR count). The normalized spacial score (nSPS) is 16.1. The fourth-order valence-corrected chi connectivity index (χ4v) is 12.9. The number of carbonyl (C=O) groups excluding carboxylic acids is 1. The van der Waals surface area contributed by atoms with E-state index in [0.717, 1.165) is 19.3 Å². The molecule has 5 unspecified atom stereocenters. The highest BCUT2D eigenvalue weighted by molar-refractivity contribution is 6.75. The summed E-state index contributed by atoms with van der Waals surface area (Å²) in [7, 11) is -9.52. The van der Waals surface area contributed by atoms with Crippen molar-refractivity contribution >= 4 is 39.2 Å². The van der Waals surface area contributed by atoms with E-state index in [1.165, 1.54) is 83.4 Å². The fourth-order valence-electron chi connectivity index (χ4n) is 7.46. The maximum absolute atomic E-state index is 13.5. The van der Waals surface area contributed by atoms with E-state index in [2.05, 4.69) is 154 Å². The molecule has 0 aliphatic carbocycles. The monoisotopic (exact) mass is 1040 g/mol. The number of nitrogens with zero attached hydrogens (tertiary/aromatic N) is 2. The van der Waals surface area contributed by atoms with Crippen LogP contribution in [0.1, 0.15) is 236 Å². The molecule has 0 fully saturated rings. The standard InChI is InChI=1S/C55H108N2O8Si4/c1-23-24-25-26-27-28-29-30-31-32-33-34-35-36-37-38-48(58)61-50(47-40-56-42-60-47)51-57-44(41-59-51)45(63-67(17,18)53(6,7)8)39-46(64-68(19,20)54(9,10)11)49(65-69(21,22)55(12,13)14)43(2)62-66(15,16)52(3,4)5/h40-43,45-46,49-50H,23-39H2,1-22H3. The van der Waals surface area contributed by atoms with Crippen LogP contribution in [0.3, 0.4) is 0 Å². The summed E-state index contributed by atoms with van der Waals surface area (Å²) in [5.41, 5.74) is 0.616. The minimum absolute atomic E-state index is 0.000874. The average molecular weight is 1040 g/mol. The Kier molecular flexibility index (Phi) is 25.1. The highest BCUT2D eigenvalue weighted by Crippen LogP contribution is 2.46. The molecule has 0 spiro atoms. The van der Waals surface area contributed by atoms with Crippen molar-refractivity contribution in [2.24, 2.45) is 0 Å². The fraction of sp³-hybridized carbons (Fsp3) is 0.873. The Morgan fingerprint density at radius 3 is 1.43 bits per heavy atom. The number of unbranched alkanes of at least 4 members (excludes halogenated alkanes) is 14. The lowest BCUT2D eigenvalue weighted by molar-refractivity contribution is -0.149. The third kappa shape index (κ3) is 20.8. The number of carbonyl (C=O) groups is 1. The number of esters is 1. The van der Waals surface area contributed by atoms with Crippen LogP contribution in [0.5, 0.6) is 0 Å². The van der Waals surface area contributed by atoms with Crippen LogP contribution in [0.4, 0.5) is 0 Å². The van der Waals surface area contributed by atoms with Gasteiger partial charge in [0, 0.05) is 12.8 Å². The molecule has 0 bridgehead atoms. The van der Waals surface area contributed by atoms with Crippen molar-refractivity contribution in [2.45, 2.75) is 309 Å². The number of hydrogen-bond donors (Lipinski definition) is 0. The van der Waals surface area contributed by atoms with Gasteiger partial charge in [-0.25, -0.2) is 9.97 Å². The van der Waals surface area contributed by atoms with Gasteiger partial charge in [0.2, 0.25) is 12.0 Å². The lowest BCUT2D eigenvalue weighted by Crippen LogP contribution is -2.57. The predicted octanol–water partition coefficient (Wildman–Crippen LogP) is 18.2. The van der Waals surface area contributed by atoms with Gasteiger partial charge in [-0.15, -0.1) is 0 Å². The number of aromatic nitrogens is 2. The Hall–Kier alpha value is -1.40. The summed E-state index contributed by atoms with van der Waals surface area (Å²) < 4.78 is 48.2. The van der Waals surface area contributed by atoms with Crippen LogP contribution in [0, 0.1) is 0 Å². The second-order valence-electron chi connectivity index (χ2n) is 26.5. The van der Waals surface area contributed by atoms with E-state index in [4.69, 9.17) is 36.3 Å². The first-order valence-electron chi connectivity index (χ1n) is 27.3. The molecule has 402 valence electrons. The highest BCUT2D eigenvalue weighted by Gasteiger charge is 2.50. The second kappa shape index (κ2) is 27.2. The average Bonchev–Trinajstić information content (AvgIpc) is 3.92. The molecule has 0 aliphatic heterocycles. The van der Waals surface area contributed by atoms with E-state index in [9.17, 15) is 4.79 Å². The van der Waals surface area contributed by atoms with Crippen LogP contribution in [-0.4, -0.2) is 67.5 Å². The Balaban J connectivity index is 2.47. The molecular weight excluding hydrogens is 929 g/mol. The molecular formula is C55H108N2O8Si4. The number of ether oxygens (including phenoxy) is 1. The second-order valence-corrected chi connectivity index (χ2v) is 45.6. The number of hydrogen-bond acceptors (Lipinski definition) is 10. The molecule has 5 atom stereocenters. The Labute approximate surface area is 428 Å². The summed E-state index contributed by atoms with van der Waals surface area (Å²) in [5.74, 6) is 0.263.